The molecule has 0 saturated heterocycles. The summed E-state index contributed by atoms with van der Waals surface area (Å²) in [6, 6.07) is 46.9. The molecule has 0 spiro atoms. The van der Waals surface area contributed by atoms with Crippen LogP contribution >= 0.6 is 22.7 Å². The van der Waals surface area contributed by atoms with Crippen molar-refractivity contribution in [1.29, 1.82) is 0 Å². The first kappa shape index (κ1) is 38.8. The van der Waals surface area contributed by atoms with E-state index in [2.05, 4.69) is 113 Å². The molecule has 0 bridgehead atoms. The van der Waals surface area contributed by atoms with Crippen molar-refractivity contribution in [3.8, 4) is 98.1 Å². The minimum atomic E-state index is 0.838. The van der Waals surface area contributed by atoms with Gasteiger partial charge in [0.25, 0.3) is 0 Å². The van der Waals surface area contributed by atoms with E-state index in [0.29, 0.717) is 0 Å². The van der Waals surface area contributed by atoms with Crippen LogP contribution in [-0.2, 0) is 0 Å². The molecule has 0 N–H and O–H groups in total. The predicted octanol–water partition coefficient (Wildman–Crippen LogP) is 14.7. The number of hydrogen-bond donors (Lipinski definition) is 0. The lowest BCUT2D eigenvalue weighted by Crippen LogP contribution is -1.91. The molecular formula is C52H46O4S2. The Kier molecular flexibility index (Phi) is 11.0. The molecule has 290 valence electrons. The van der Waals surface area contributed by atoms with Crippen LogP contribution in [0.25, 0.3) is 75.1 Å². The number of rotatable bonds is 11. The third-order valence-corrected chi connectivity index (χ3v) is 14.3. The number of methoxy groups -OCH3 is 4. The highest BCUT2D eigenvalue weighted by Gasteiger charge is 2.26. The van der Waals surface area contributed by atoms with Gasteiger partial charge in [-0.3, -0.25) is 0 Å². The van der Waals surface area contributed by atoms with E-state index in [1.54, 1.807) is 28.4 Å². The van der Waals surface area contributed by atoms with Gasteiger partial charge in [0.15, 0.2) is 0 Å². The molecule has 0 saturated carbocycles. The summed E-state index contributed by atoms with van der Waals surface area (Å²) in [4.78, 5) is 5.16. The summed E-state index contributed by atoms with van der Waals surface area (Å²) in [6.07, 6.45) is 0. The summed E-state index contributed by atoms with van der Waals surface area (Å²) in [5.41, 5.74) is 17.0. The van der Waals surface area contributed by atoms with E-state index in [1.807, 2.05) is 71.2 Å². The minimum Gasteiger partial charge on any atom is -0.497 e. The average molecular weight is 799 g/mol. The predicted molar refractivity (Wildman–Crippen MR) is 245 cm³/mol. The average Bonchev–Trinajstić information content (AvgIpc) is 3.74. The van der Waals surface area contributed by atoms with E-state index >= 15 is 0 Å². The maximum atomic E-state index is 5.54. The van der Waals surface area contributed by atoms with Crippen molar-refractivity contribution in [2.45, 2.75) is 27.7 Å². The van der Waals surface area contributed by atoms with Gasteiger partial charge in [-0.2, -0.15) is 0 Å². The van der Waals surface area contributed by atoms with Crippen LogP contribution in [0.15, 0.2) is 133 Å². The van der Waals surface area contributed by atoms with Gasteiger partial charge in [-0.1, -0.05) is 84.9 Å². The second-order valence-electron chi connectivity index (χ2n) is 14.4. The van der Waals surface area contributed by atoms with E-state index in [1.165, 1.54) is 75.1 Å². The highest BCUT2D eigenvalue weighted by atomic mass is 32.1. The molecule has 0 aliphatic carbocycles. The summed E-state index contributed by atoms with van der Waals surface area (Å²) in [5.74, 6) is 3.35. The van der Waals surface area contributed by atoms with Crippen LogP contribution in [0.1, 0.15) is 22.3 Å². The topological polar surface area (TPSA) is 36.9 Å². The molecule has 0 unspecified atom stereocenters. The Morgan fingerprint density at radius 3 is 0.741 bits per heavy atom. The standard InChI is InChI=1S/C52H46O4S2/c1-31-33(3)51(57-49(31)47-43(35-15-23-39(53-5)24-16-35)11-9-12-44(47)36-17-25-40(54-6)26-18-36)52-34(4)32(2)50(58-52)48-45(37-19-27-41(55-7)28-20-37)13-10-14-46(48)38-21-29-42(56-8)30-22-38/h9-30H,1-8H3. The highest BCUT2D eigenvalue weighted by Crippen LogP contribution is 2.54. The van der Waals surface area contributed by atoms with Gasteiger partial charge in [0, 0.05) is 30.6 Å². The fourth-order valence-electron chi connectivity index (χ4n) is 7.74. The molecule has 0 fully saturated rings. The maximum absolute atomic E-state index is 5.54. The normalized spacial score (nSPS) is 11.1. The monoisotopic (exact) mass is 798 g/mol. The Morgan fingerprint density at radius 2 is 0.517 bits per heavy atom. The van der Waals surface area contributed by atoms with Gasteiger partial charge in [0.2, 0.25) is 0 Å². The van der Waals surface area contributed by atoms with Crippen molar-refractivity contribution >= 4 is 22.7 Å². The molecule has 0 aliphatic heterocycles. The van der Waals surface area contributed by atoms with Gasteiger partial charge >= 0.3 is 0 Å². The van der Waals surface area contributed by atoms with E-state index < -0.39 is 0 Å². The fourth-order valence-corrected chi connectivity index (χ4v) is 10.8. The lowest BCUT2D eigenvalue weighted by molar-refractivity contribution is 0.415. The fraction of sp³-hybridized carbons (Fsp3) is 0.154. The molecule has 2 aromatic heterocycles. The Hall–Kier alpha value is -6.08. The molecule has 2 heterocycles. The molecule has 58 heavy (non-hydrogen) atoms. The molecule has 8 rings (SSSR count). The largest absolute Gasteiger partial charge is 0.497 e. The summed E-state index contributed by atoms with van der Waals surface area (Å²) in [7, 11) is 6.84. The third-order valence-electron chi connectivity index (χ3n) is 11.3. The zero-order chi connectivity index (χ0) is 40.5. The Morgan fingerprint density at radius 1 is 0.293 bits per heavy atom. The summed E-state index contributed by atoms with van der Waals surface area (Å²) < 4.78 is 22.2. The number of benzene rings is 6. The number of ether oxygens (including phenoxy) is 4. The van der Waals surface area contributed by atoms with E-state index in [9.17, 15) is 0 Å². The van der Waals surface area contributed by atoms with Crippen LogP contribution in [0.3, 0.4) is 0 Å². The van der Waals surface area contributed by atoms with Crippen LogP contribution in [0, 0.1) is 27.7 Å². The lowest BCUT2D eigenvalue weighted by Gasteiger charge is -2.16. The lowest BCUT2D eigenvalue weighted by atomic mass is 9.89. The smallest absolute Gasteiger partial charge is 0.118 e. The SMILES string of the molecule is COc1ccc(-c2cccc(-c3ccc(OC)cc3)c2-c2sc(-c3sc(-c4c(-c5ccc(OC)cc5)cccc4-c4ccc(OC)cc4)c(C)c3C)c(C)c2C)cc1. The Labute approximate surface area is 349 Å². The maximum Gasteiger partial charge on any atom is 0.118 e. The Balaban J connectivity index is 1.33. The first-order valence-electron chi connectivity index (χ1n) is 19.3. The van der Waals surface area contributed by atoms with Crippen molar-refractivity contribution in [2.75, 3.05) is 28.4 Å². The van der Waals surface area contributed by atoms with Crippen LogP contribution in [-0.4, -0.2) is 28.4 Å². The van der Waals surface area contributed by atoms with Crippen molar-refractivity contribution in [3.05, 3.63) is 156 Å². The van der Waals surface area contributed by atoms with Crippen LogP contribution in [0.2, 0.25) is 0 Å². The van der Waals surface area contributed by atoms with Crippen molar-refractivity contribution in [1.82, 2.24) is 0 Å². The second-order valence-corrected chi connectivity index (χ2v) is 16.4. The number of thiophene rings is 2. The van der Waals surface area contributed by atoms with Crippen molar-refractivity contribution in [2.24, 2.45) is 0 Å². The van der Waals surface area contributed by atoms with Crippen LogP contribution < -0.4 is 18.9 Å². The molecule has 0 atom stereocenters. The Bertz CT molecular complexity index is 2400. The molecular weight excluding hydrogens is 753 g/mol. The van der Waals surface area contributed by atoms with Gasteiger partial charge in [-0.05, 0) is 143 Å². The number of hydrogen-bond acceptors (Lipinski definition) is 6. The first-order valence-corrected chi connectivity index (χ1v) is 20.9. The van der Waals surface area contributed by atoms with Gasteiger partial charge in [0.05, 0.1) is 28.4 Å². The quantitative estimate of drug-likeness (QED) is 0.131. The van der Waals surface area contributed by atoms with E-state index in [4.69, 9.17) is 18.9 Å². The van der Waals surface area contributed by atoms with Crippen LogP contribution in [0.4, 0.5) is 0 Å². The molecule has 0 radical (unpaired) electrons. The van der Waals surface area contributed by atoms with Crippen molar-refractivity contribution < 1.29 is 18.9 Å². The van der Waals surface area contributed by atoms with E-state index in [-0.39, 0.29) is 0 Å². The molecule has 0 aliphatic rings. The van der Waals surface area contributed by atoms with Gasteiger partial charge in [0.1, 0.15) is 23.0 Å². The molecule has 0 amide bonds. The first-order chi connectivity index (χ1) is 28.2. The summed E-state index contributed by atoms with van der Waals surface area (Å²) in [6.45, 7) is 9.14. The van der Waals surface area contributed by atoms with Gasteiger partial charge < -0.3 is 18.9 Å². The zero-order valence-corrected chi connectivity index (χ0v) is 35.8. The van der Waals surface area contributed by atoms with Gasteiger partial charge in [-0.25, -0.2) is 0 Å². The molecule has 8 aromatic rings. The summed E-state index contributed by atoms with van der Waals surface area (Å²) >= 11 is 3.80. The van der Waals surface area contributed by atoms with Gasteiger partial charge in [-0.15, -0.1) is 22.7 Å². The third kappa shape index (κ3) is 7.08. The van der Waals surface area contributed by atoms with E-state index in [0.717, 1.165) is 45.3 Å². The molecule has 6 heteroatoms. The minimum absolute atomic E-state index is 0.838. The highest BCUT2D eigenvalue weighted by molar-refractivity contribution is 7.26. The second kappa shape index (κ2) is 16.4. The molecule has 6 aromatic carbocycles. The summed E-state index contributed by atoms with van der Waals surface area (Å²) in [5, 5.41) is 0. The van der Waals surface area contributed by atoms with Crippen molar-refractivity contribution in [3.63, 3.8) is 0 Å². The molecule has 4 nitrogen and oxygen atoms in total. The van der Waals surface area contributed by atoms with Crippen LogP contribution in [0.5, 0.6) is 23.0 Å². The zero-order valence-electron chi connectivity index (χ0n) is 34.2.